The van der Waals surface area contributed by atoms with E-state index in [9.17, 15) is 0 Å². The first-order chi connectivity index (χ1) is 8.79. The topological polar surface area (TPSA) is 12.0 Å². The number of rotatable bonds is 5. The van der Waals surface area contributed by atoms with Crippen molar-refractivity contribution >= 4 is 17.3 Å². The van der Waals surface area contributed by atoms with Crippen molar-refractivity contribution in [2.75, 3.05) is 11.9 Å². The van der Waals surface area contributed by atoms with Gasteiger partial charge in [0.1, 0.15) is 0 Å². The van der Waals surface area contributed by atoms with Gasteiger partial charge >= 0.3 is 0 Å². The largest absolute Gasteiger partial charge is 0.385 e. The molecular weight excluding hydrogens is 242 g/mol. The molecule has 0 saturated carbocycles. The molecule has 0 aromatic heterocycles. The SMILES string of the molecule is CCCCNc1cccc(-c2ccc(Cl)cc2)c1. The minimum Gasteiger partial charge on any atom is -0.385 e. The highest BCUT2D eigenvalue weighted by atomic mass is 35.5. The number of hydrogen-bond donors (Lipinski definition) is 1. The van der Waals surface area contributed by atoms with E-state index in [1.165, 1.54) is 29.7 Å². The summed E-state index contributed by atoms with van der Waals surface area (Å²) in [4.78, 5) is 0. The maximum atomic E-state index is 5.90. The minimum atomic E-state index is 0.774. The summed E-state index contributed by atoms with van der Waals surface area (Å²) in [5.41, 5.74) is 3.59. The molecule has 1 nitrogen and oxygen atoms in total. The molecule has 2 rings (SSSR count). The van der Waals surface area contributed by atoms with Gasteiger partial charge in [0.15, 0.2) is 0 Å². The molecule has 2 heteroatoms. The first-order valence-corrected chi connectivity index (χ1v) is 6.77. The standard InChI is InChI=1S/C16H18ClN/c1-2-3-11-18-16-6-4-5-14(12-16)13-7-9-15(17)10-8-13/h4-10,12,18H,2-3,11H2,1H3. The van der Waals surface area contributed by atoms with Crippen LogP contribution in [-0.4, -0.2) is 6.54 Å². The highest BCUT2D eigenvalue weighted by Crippen LogP contribution is 2.24. The quantitative estimate of drug-likeness (QED) is 0.726. The average molecular weight is 260 g/mol. The average Bonchev–Trinajstić information content (AvgIpc) is 2.40. The summed E-state index contributed by atoms with van der Waals surface area (Å²) >= 11 is 5.90. The molecule has 0 radical (unpaired) electrons. The predicted molar refractivity (Wildman–Crippen MR) is 80.3 cm³/mol. The minimum absolute atomic E-state index is 0.774. The Hall–Kier alpha value is -1.47. The van der Waals surface area contributed by atoms with E-state index in [0.717, 1.165) is 11.6 Å². The zero-order valence-corrected chi connectivity index (χ0v) is 11.4. The number of halogens is 1. The molecule has 0 atom stereocenters. The fourth-order valence-electron chi connectivity index (χ4n) is 1.86. The Kier molecular flexibility index (Phi) is 4.66. The molecule has 0 aliphatic heterocycles. The van der Waals surface area contributed by atoms with Gasteiger partial charge in [-0.1, -0.05) is 49.2 Å². The zero-order valence-electron chi connectivity index (χ0n) is 10.6. The molecule has 18 heavy (non-hydrogen) atoms. The van der Waals surface area contributed by atoms with Crippen LogP contribution in [0, 0.1) is 0 Å². The molecule has 2 aromatic rings. The molecule has 0 bridgehead atoms. The Morgan fingerprint density at radius 3 is 2.50 bits per heavy atom. The van der Waals surface area contributed by atoms with Crippen LogP contribution in [0.3, 0.4) is 0 Å². The van der Waals surface area contributed by atoms with E-state index >= 15 is 0 Å². The first kappa shape index (κ1) is 13.0. The highest BCUT2D eigenvalue weighted by Gasteiger charge is 1.99. The second-order valence-corrected chi connectivity index (χ2v) is 4.80. The molecule has 0 fully saturated rings. The smallest absolute Gasteiger partial charge is 0.0406 e. The van der Waals surface area contributed by atoms with Gasteiger partial charge in [-0.15, -0.1) is 0 Å². The Labute approximate surface area is 114 Å². The van der Waals surface area contributed by atoms with Gasteiger partial charge in [-0.25, -0.2) is 0 Å². The van der Waals surface area contributed by atoms with Crippen molar-refractivity contribution in [3.63, 3.8) is 0 Å². The lowest BCUT2D eigenvalue weighted by Gasteiger charge is -2.08. The molecule has 0 aliphatic rings. The number of anilines is 1. The highest BCUT2D eigenvalue weighted by molar-refractivity contribution is 6.30. The third kappa shape index (κ3) is 3.51. The van der Waals surface area contributed by atoms with Crippen LogP contribution < -0.4 is 5.32 Å². The summed E-state index contributed by atoms with van der Waals surface area (Å²) in [6, 6.07) is 16.4. The first-order valence-electron chi connectivity index (χ1n) is 6.39. The number of hydrogen-bond acceptors (Lipinski definition) is 1. The molecule has 0 aliphatic carbocycles. The lowest BCUT2D eigenvalue weighted by Crippen LogP contribution is -2.00. The maximum absolute atomic E-state index is 5.90. The van der Waals surface area contributed by atoms with Crippen molar-refractivity contribution in [3.8, 4) is 11.1 Å². The third-order valence-corrected chi connectivity index (χ3v) is 3.15. The van der Waals surface area contributed by atoms with E-state index in [4.69, 9.17) is 11.6 Å². The van der Waals surface area contributed by atoms with Gasteiger partial charge in [0, 0.05) is 17.3 Å². The van der Waals surface area contributed by atoms with Crippen molar-refractivity contribution in [1.29, 1.82) is 0 Å². The summed E-state index contributed by atoms with van der Waals surface area (Å²) in [5.74, 6) is 0. The lowest BCUT2D eigenvalue weighted by atomic mass is 10.1. The second kappa shape index (κ2) is 6.46. The van der Waals surface area contributed by atoms with Gasteiger partial charge in [0.05, 0.1) is 0 Å². The van der Waals surface area contributed by atoms with E-state index in [1.807, 2.05) is 24.3 Å². The van der Waals surface area contributed by atoms with Crippen LogP contribution in [0.5, 0.6) is 0 Å². The van der Waals surface area contributed by atoms with E-state index in [2.05, 4.69) is 36.5 Å². The van der Waals surface area contributed by atoms with Crippen LogP contribution in [-0.2, 0) is 0 Å². The Balaban J connectivity index is 2.13. The van der Waals surface area contributed by atoms with Gasteiger partial charge < -0.3 is 5.32 Å². The molecule has 0 saturated heterocycles. The van der Waals surface area contributed by atoms with Crippen LogP contribution in [0.4, 0.5) is 5.69 Å². The Bertz CT molecular complexity index is 491. The van der Waals surface area contributed by atoms with Crippen molar-refractivity contribution in [1.82, 2.24) is 0 Å². The second-order valence-electron chi connectivity index (χ2n) is 4.37. The monoisotopic (exact) mass is 259 g/mol. The number of nitrogens with one attached hydrogen (secondary N) is 1. The van der Waals surface area contributed by atoms with Crippen LogP contribution in [0.25, 0.3) is 11.1 Å². The number of benzene rings is 2. The van der Waals surface area contributed by atoms with Gasteiger partial charge in [-0.05, 0) is 41.8 Å². The third-order valence-electron chi connectivity index (χ3n) is 2.90. The normalized spacial score (nSPS) is 10.3. The van der Waals surface area contributed by atoms with E-state index in [0.29, 0.717) is 0 Å². The van der Waals surface area contributed by atoms with Crippen molar-refractivity contribution in [2.24, 2.45) is 0 Å². The Morgan fingerprint density at radius 1 is 1.00 bits per heavy atom. The summed E-state index contributed by atoms with van der Waals surface area (Å²) in [6.45, 7) is 3.23. The van der Waals surface area contributed by atoms with E-state index < -0.39 is 0 Å². The van der Waals surface area contributed by atoms with Crippen molar-refractivity contribution in [2.45, 2.75) is 19.8 Å². The summed E-state index contributed by atoms with van der Waals surface area (Å²) in [5, 5.41) is 4.22. The molecule has 2 aromatic carbocycles. The molecule has 94 valence electrons. The molecule has 0 unspecified atom stereocenters. The van der Waals surface area contributed by atoms with Crippen molar-refractivity contribution < 1.29 is 0 Å². The Morgan fingerprint density at radius 2 is 1.78 bits per heavy atom. The van der Waals surface area contributed by atoms with E-state index in [1.54, 1.807) is 0 Å². The molecule has 0 heterocycles. The number of unbranched alkanes of at least 4 members (excludes halogenated alkanes) is 1. The van der Waals surface area contributed by atoms with Crippen LogP contribution >= 0.6 is 11.6 Å². The summed E-state index contributed by atoms with van der Waals surface area (Å²) < 4.78 is 0. The predicted octanol–water partition coefficient (Wildman–Crippen LogP) is 5.22. The van der Waals surface area contributed by atoms with Crippen LogP contribution in [0.2, 0.25) is 5.02 Å². The van der Waals surface area contributed by atoms with Crippen LogP contribution in [0.15, 0.2) is 48.5 Å². The molecule has 0 amide bonds. The fraction of sp³-hybridized carbons (Fsp3) is 0.250. The van der Waals surface area contributed by atoms with Crippen molar-refractivity contribution in [3.05, 3.63) is 53.6 Å². The van der Waals surface area contributed by atoms with E-state index in [-0.39, 0.29) is 0 Å². The van der Waals surface area contributed by atoms with Gasteiger partial charge in [-0.3, -0.25) is 0 Å². The van der Waals surface area contributed by atoms with Gasteiger partial charge in [0.2, 0.25) is 0 Å². The van der Waals surface area contributed by atoms with Gasteiger partial charge in [-0.2, -0.15) is 0 Å². The molecule has 0 spiro atoms. The lowest BCUT2D eigenvalue weighted by molar-refractivity contribution is 0.834. The summed E-state index contributed by atoms with van der Waals surface area (Å²) in [7, 11) is 0. The van der Waals surface area contributed by atoms with Gasteiger partial charge in [0.25, 0.3) is 0 Å². The maximum Gasteiger partial charge on any atom is 0.0406 e. The molecule has 1 N–H and O–H groups in total. The fourth-order valence-corrected chi connectivity index (χ4v) is 1.99. The van der Waals surface area contributed by atoms with Crippen LogP contribution in [0.1, 0.15) is 19.8 Å². The zero-order chi connectivity index (χ0) is 12.8. The molecular formula is C16H18ClN. The summed E-state index contributed by atoms with van der Waals surface area (Å²) in [6.07, 6.45) is 2.41.